The van der Waals surface area contributed by atoms with Crippen LogP contribution in [0, 0.1) is 0 Å². The van der Waals surface area contributed by atoms with E-state index in [-0.39, 0.29) is 0 Å². The van der Waals surface area contributed by atoms with Gasteiger partial charge in [-0.15, -0.1) is 0 Å². The number of para-hydroxylation sites is 1. The van der Waals surface area contributed by atoms with Crippen LogP contribution in [0.25, 0.3) is 0 Å². The fourth-order valence-corrected chi connectivity index (χ4v) is 3.62. The number of fused-ring (bicyclic) bond motifs is 2. The zero-order valence-electron chi connectivity index (χ0n) is 19.7. The highest BCUT2D eigenvalue weighted by Crippen LogP contribution is 2.39. The summed E-state index contributed by atoms with van der Waals surface area (Å²) >= 11 is 0. The normalized spacial score (nSPS) is 12.2. The van der Waals surface area contributed by atoms with Crippen molar-refractivity contribution < 1.29 is 19.8 Å². The second-order valence-corrected chi connectivity index (χ2v) is 8.01. The molecule has 4 rings (SSSR count). The predicted octanol–water partition coefficient (Wildman–Crippen LogP) is 4.37. The van der Waals surface area contributed by atoms with Crippen molar-refractivity contribution in [1.29, 1.82) is 0 Å². The molecule has 1 aliphatic rings. The van der Waals surface area contributed by atoms with Gasteiger partial charge in [-0.3, -0.25) is 0 Å². The monoisotopic (exact) mass is 472 g/mol. The van der Waals surface area contributed by atoms with Gasteiger partial charge in [0, 0.05) is 36.0 Å². The smallest absolute Gasteiger partial charge is 0.328 e. The first-order chi connectivity index (χ1) is 16.9. The maximum absolute atomic E-state index is 9.55. The van der Waals surface area contributed by atoms with E-state index in [0.717, 1.165) is 53.5 Å². The number of aliphatic imine (C=N–C) groups is 1. The number of hydrogen-bond acceptors (Lipinski definition) is 6. The number of aliphatic carboxylic acids is 2. The summed E-state index contributed by atoms with van der Waals surface area (Å²) in [7, 11) is 4.22. The summed E-state index contributed by atoms with van der Waals surface area (Å²) in [6.07, 6.45) is 4.02. The Morgan fingerprint density at radius 1 is 0.914 bits per heavy atom. The van der Waals surface area contributed by atoms with Crippen LogP contribution in [-0.2, 0) is 9.59 Å². The minimum Gasteiger partial charge on any atom is -0.478 e. The number of pyridine rings is 1. The number of rotatable bonds is 7. The van der Waals surface area contributed by atoms with Crippen LogP contribution >= 0.6 is 0 Å². The van der Waals surface area contributed by atoms with E-state index in [2.05, 4.69) is 78.5 Å². The van der Waals surface area contributed by atoms with Crippen LogP contribution in [0.4, 0.5) is 17.2 Å². The second kappa shape index (κ2) is 12.2. The van der Waals surface area contributed by atoms with E-state index in [4.69, 9.17) is 20.2 Å². The van der Waals surface area contributed by atoms with E-state index >= 15 is 0 Å². The lowest BCUT2D eigenvalue weighted by Crippen LogP contribution is -2.24. The number of anilines is 2. The van der Waals surface area contributed by atoms with Gasteiger partial charge in [0.05, 0.1) is 11.4 Å². The number of carboxylic acids is 2. The molecule has 1 aliphatic heterocycles. The van der Waals surface area contributed by atoms with Gasteiger partial charge in [0.15, 0.2) is 5.82 Å². The molecule has 0 saturated heterocycles. The van der Waals surface area contributed by atoms with Gasteiger partial charge >= 0.3 is 11.9 Å². The maximum atomic E-state index is 9.55. The molecule has 0 atom stereocenters. The maximum Gasteiger partial charge on any atom is 0.328 e. The van der Waals surface area contributed by atoms with Crippen LogP contribution in [0.5, 0.6) is 0 Å². The van der Waals surface area contributed by atoms with E-state index in [1.54, 1.807) is 0 Å². The first-order valence-electron chi connectivity index (χ1n) is 11.1. The van der Waals surface area contributed by atoms with E-state index in [0.29, 0.717) is 12.2 Å². The fraction of sp³-hybridized carbons (Fsp3) is 0.185. The van der Waals surface area contributed by atoms with E-state index in [9.17, 15) is 9.59 Å². The molecule has 0 saturated carbocycles. The Labute approximate surface area is 204 Å². The van der Waals surface area contributed by atoms with Gasteiger partial charge in [0.2, 0.25) is 0 Å². The minimum absolute atomic E-state index is 0.558. The van der Waals surface area contributed by atoms with E-state index in [1.807, 2.05) is 18.3 Å². The summed E-state index contributed by atoms with van der Waals surface area (Å²) in [6, 6.07) is 22.9. The summed E-state index contributed by atoms with van der Waals surface area (Å²) in [4.78, 5) is 33.4. The first kappa shape index (κ1) is 25.3. The standard InChI is InChI=1S/C23H24N4.C4H4O4/c1-26(2)16-9-17-27-21-14-7-6-12-19(21)22(18-10-4-3-5-11-18)25-20-13-8-15-24-23(20)27;5-3(6)1-2-4(7)8/h3-8,10-15H,9,16-17H2,1-2H3;1-2H,(H,5,6)(H,7,8)/b;2-1+. The van der Waals surface area contributed by atoms with Crippen molar-refractivity contribution in [2.75, 3.05) is 32.1 Å². The van der Waals surface area contributed by atoms with Crippen molar-refractivity contribution in [3.63, 3.8) is 0 Å². The molecule has 35 heavy (non-hydrogen) atoms. The summed E-state index contributed by atoms with van der Waals surface area (Å²) < 4.78 is 0. The molecule has 2 aromatic carbocycles. The van der Waals surface area contributed by atoms with E-state index < -0.39 is 11.9 Å². The molecule has 2 heterocycles. The van der Waals surface area contributed by atoms with Crippen LogP contribution in [0.15, 0.2) is 90.1 Å². The topological polar surface area (TPSA) is 106 Å². The molecule has 8 heteroatoms. The molecule has 0 fully saturated rings. The average Bonchev–Trinajstić information content (AvgIpc) is 2.99. The number of carbonyl (C=O) groups is 2. The Hall–Kier alpha value is -4.30. The lowest BCUT2D eigenvalue weighted by Gasteiger charge is -2.26. The van der Waals surface area contributed by atoms with Gasteiger partial charge in [-0.05, 0) is 45.3 Å². The average molecular weight is 473 g/mol. The Morgan fingerprint density at radius 2 is 1.57 bits per heavy atom. The molecule has 0 aliphatic carbocycles. The number of hydrogen-bond donors (Lipinski definition) is 2. The molecule has 0 bridgehead atoms. The molecule has 0 amide bonds. The van der Waals surface area contributed by atoms with Gasteiger partial charge in [-0.2, -0.15) is 0 Å². The molecular weight excluding hydrogens is 444 g/mol. The van der Waals surface area contributed by atoms with Crippen molar-refractivity contribution in [2.24, 2.45) is 4.99 Å². The van der Waals surface area contributed by atoms with Gasteiger partial charge in [0.1, 0.15) is 5.69 Å². The van der Waals surface area contributed by atoms with Crippen LogP contribution in [0.2, 0.25) is 0 Å². The minimum atomic E-state index is -1.26. The first-order valence-corrected chi connectivity index (χ1v) is 11.1. The molecule has 0 spiro atoms. The van der Waals surface area contributed by atoms with Crippen molar-refractivity contribution in [3.05, 3.63) is 96.2 Å². The third kappa shape index (κ3) is 7.09. The van der Waals surface area contributed by atoms with Crippen molar-refractivity contribution in [3.8, 4) is 0 Å². The summed E-state index contributed by atoms with van der Waals surface area (Å²) in [5.74, 6) is -1.59. The zero-order valence-corrected chi connectivity index (χ0v) is 19.7. The Morgan fingerprint density at radius 3 is 2.23 bits per heavy atom. The fourth-order valence-electron chi connectivity index (χ4n) is 3.62. The summed E-state index contributed by atoms with van der Waals surface area (Å²) in [5, 5.41) is 15.6. The highest BCUT2D eigenvalue weighted by Gasteiger charge is 2.24. The molecule has 0 radical (unpaired) electrons. The lowest BCUT2D eigenvalue weighted by molar-refractivity contribution is -0.134. The zero-order chi connectivity index (χ0) is 25.2. The van der Waals surface area contributed by atoms with Crippen molar-refractivity contribution >= 4 is 34.8 Å². The number of aromatic nitrogens is 1. The number of benzene rings is 2. The third-order valence-electron chi connectivity index (χ3n) is 5.11. The number of carboxylic acid groups (broad SMARTS) is 2. The van der Waals surface area contributed by atoms with Gasteiger partial charge in [-0.1, -0.05) is 48.5 Å². The van der Waals surface area contributed by atoms with Crippen molar-refractivity contribution in [1.82, 2.24) is 9.88 Å². The van der Waals surface area contributed by atoms with Gasteiger partial charge in [0.25, 0.3) is 0 Å². The Kier molecular flexibility index (Phi) is 8.86. The lowest BCUT2D eigenvalue weighted by atomic mass is 10.00. The van der Waals surface area contributed by atoms with Crippen LogP contribution in [-0.4, -0.2) is 64.9 Å². The van der Waals surface area contributed by atoms with Gasteiger partial charge in [-0.25, -0.2) is 19.6 Å². The predicted molar refractivity (Wildman–Crippen MR) is 137 cm³/mol. The van der Waals surface area contributed by atoms with E-state index in [1.165, 1.54) is 0 Å². The Bertz CT molecular complexity index is 1210. The van der Waals surface area contributed by atoms with Crippen LogP contribution in [0.3, 0.4) is 0 Å². The molecule has 8 nitrogen and oxygen atoms in total. The van der Waals surface area contributed by atoms with Crippen molar-refractivity contribution in [2.45, 2.75) is 6.42 Å². The molecular formula is C27H28N4O4. The quantitative estimate of drug-likeness (QED) is 0.492. The van der Waals surface area contributed by atoms with Crippen LogP contribution < -0.4 is 4.90 Å². The summed E-state index contributed by atoms with van der Waals surface area (Å²) in [5.41, 5.74) is 5.34. The van der Waals surface area contributed by atoms with Gasteiger partial charge < -0.3 is 20.0 Å². The molecule has 180 valence electrons. The molecule has 2 N–H and O–H groups in total. The molecule has 3 aromatic rings. The highest BCUT2D eigenvalue weighted by molar-refractivity contribution is 6.18. The summed E-state index contributed by atoms with van der Waals surface area (Å²) in [6.45, 7) is 1.93. The second-order valence-electron chi connectivity index (χ2n) is 8.01. The highest BCUT2D eigenvalue weighted by atomic mass is 16.4. The SMILES string of the molecule is CN(C)CCCN1c2ccccc2C(c2ccccc2)=Nc2cccnc21.O=C(O)/C=C/C(=O)O. The third-order valence-corrected chi connectivity index (χ3v) is 5.11. The number of nitrogens with zero attached hydrogens (tertiary/aromatic N) is 4. The molecule has 0 unspecified atom stereocenters. The largest absolute Gasteiger partial charge is 0.478 e. The van der Waals surface area contributed by atoms with Crippen LogP contribution in [0.1, 0.15) is 17.5 Å². The Balaban J connectivity index is 0.000000371. The molecule has 1 aromatic heterocycles.